The first kappa shape index (κ1) is 17.9. The monoisotopic (exact) mass is 323 g/mol. The maximum atomic E-state index is 11.2. The van der Waals surface area contributed by atoms with E-state index in [0.717, 1.165) is 50.3 Å². The Kier molecular flexibility index (Phi) is 6.59. The summed E-state index contributed by atoms with van der Waals surface area (Å²) in [5, 5.41) is 13.6. The Morgan fingerprint density at radius 3 is 2.65 bits per heavy atom. The Bertz CT molecular complexity index is 519. The van der Waals surface area contributed by atoms with E-state index >= 15 is 0 Å². The van der Waals surface area contributed by atoms with Crippen LogP contribution in [0, 0.1) is 19.8 Å². The van der Waals surface area contributed by atoms with E-state index in [0.29, 0.717) is 18.9 Å². The summed E-state index contributed by atoms with van der Waals surface area (Å²) >= 11 is 0. The number of likely N-dealkylation sites (tertiary alicyclic amines) is 1. The molecular weight excluding hydrogens is 294 g/mol. The molecule has 0 radical (unpaired) electrons. The van der Waals surface area contributed by atoms with Gasteiger partial charge in [-0.2, -0.15) is 5.10 Å². The summed E-state index contributed by atoms with van der Waals surface area (Å²) in [6.07, 6.45) is 3.75. The molecule has 1 aromatic rings. The van der Waals surface area contributed by atoms with Crippen LogP contribution in [0.2, 0.25) is 0 Å². The second-order valence-electron chi connectivity index (χ2n) is 6.43. The van der Waals surface area contributed by atoms with Gasteiger partial charge in [-0.15, -0.1) is 0 Å². The number of hydrogen-bond acceptors (Lipinski definition) is 5. The summed E-state index contributed by atoms with van der Waals surface area (Å²) in [6, 6.07) is 0. The highest BCUT2D eigenvalue weighted by atomic mass is 16.5. The third kappa shape index (κ3) is 4.78. The zero-order valence-electron chi connectivity index (χ0n) is 14.5. The van der Waals surface area contributed by atoms with Crippen LogP contribution >= 0.6 is 0 Å². The molecule has 6 heteroatoms. The highest BCUT2D eigenvalue weighted by molar-refractivity contribution is 5.69. The lowest BCUT2D eigenvalue weighted by Crippen LogP contribution is -2.33. The summed E-state index contributed by atoms with van der Waals surface area (Å²) < 4.78 is 6.61. The van der Waals surface area contributed by atoms with E-state index in [1.54, 1.807) is 0 Å². The van der Waals surface area contributed by atoms with Crippen molar-refractivity contribution in [2.45, 2.75) is 52.6 Å². The largest absolute Gasteiger partial charge is 0.469 e. The normalized spacial score (nSPS) is 16.7. The van der Waals surface area contributed by atoms with Gasteiger partial charge in [0.1, 0.15) is 0 Å². The molecule has 2 rings (SSSR count). The minimum atomic E-state index is -0.102. The van der Waals surface area contributed by atoms with Gasteiger partial charge in [-0.3, -0.25) is 14.4 Å². The van der Waals surface area contributed by atoms with Crippen LogP contribution in [-0.2, 0) is 22.6 Å². The minimum absolute atomic E-state index is 0.102. The van der Waals surface area contributed by atoms with Gasteiger partial charge in [0.15, 0.2) is 0 Å². The molecule has 0 aromatic carbocycles. The smallest absolute Gasteiger partial charge is 0.305 e. The number of nitrogens with zero attached hydrogens (tertiary/aromatic N) is 3. The number of piperidine rings is 1. The van der Waals surface area contributed by atoms with Gasteiger partial charge in [-0.05, 0) is 52.1 Å². The number of esters is 1. The third-order valence-corrected chi connectivity index (χ3v) is 4.92. The zero-order chi connectivity index (χ0) is 16.8. The number of carbonyl (C=O) groups is 1. The van der Waals surface area contributed by atoms with Gasteiger partial charge in [0.2, 0.25) is 0 Å². The summed E-state index contributed by atoms with van der Waals surface area (Å²) in [5.41, 5.74) is 3.50. The fraction of sp³-hybridized carbons (Fsp3) is 0.765. The average Bonchev–Trinajstić information content (AvgIpc) is 2.82. The summed E-state index contributed by atoms with van der Waals surface area (Å²) in [6.45, 7) is 7.85. The molecule has 1 aliphatic heterocycles. The van der Waals surface area contributed by atoms with Crippen molar-refractivity contribution in [1.29, 1.82) is 0 Å². The molecule has 1 N–H and O–H groups in total. The van der Waals surface area contributed by atoms with E-state index in [1.807, 2.05) is 11.6 Å². The number of aliphatic hydroxyl groups is 1. The number of aromatic nitrogens is 2. The van der Waals surface area contributed by atoms with Crippen LogP contribution in [0.5, 0.6) is 0 Å². The zero-order valence-corrected chi connectivity index (χ0v) is 14.5. The second kappa shape index (κ2) is 8.45. The molecule has 0 bridgehead atoms. The number of hydrogen-bond donors (Lipinski definition) is 1. The number of ether oxygens (including phenoxy) is 1. The molecule has 6 nitrogen and oxygen atoms in total. The second-order valence-corrected chi connectivity index (χ2v) is 6.43. The Balaban J connectivity index is 1.83. The van der Waals surface area contributed by atoms with E-state index in [2.05, 4.69) is 16.9 Å². The number of carbonyl (C=O) groups excluding carboxylic acids is 1. The van der Waals surface area contributed by atoms with Gasteiger partial charge in [0, 0.05) is 24.2 Å². The predicted octanol–water partition coefficient (Wildman–Crippen LogP) is 1.66. The Morgan fingerprint density at radius 1 is 1.35 bits per heavy atom. The highest BCUT2D eigenvalue weighted by Gasteiger charge is 2.22. The maximum Gasteiger partial charge on any atom is 0.305 e. The van der Waals surface area contributed by atoms with Crippen molar-refractivity contribution < 1.29 is 14.6 Å². The fourth-order valence-electron chi connectivity index (χ4n) is 3.36. The topological polar surface area (TPSA) is 67.6 Å². The molecule has 0 amide bonds. The van der Waals surface area contributed by atoms with E-state index in [9.17, 15) is 4.79 Å². The lowest BCUT2D eigenvalue weighted by molar-refractivity contribution is -0.141. The third-order valence-electron chi connectivity index (χ3n) is 4.92. The van der Waals surface area contributed by atoms with Crippen LogP contribution in [-0.4, -0.2) is 52.6 Å². The van der Waals surface area contributed by atoms with Crippen molar-refractivity contribution in [2.24, 2.45) is 5.92 Å². The van der Waals surface area contributed by atoms with Gasteiger partial charge in [0.25, 0.3) is 0 Å². The van der Waals surface area contributed by atoms with Crippen LogP contribution in [0.3, 0.4) is 0 Å². The molecule has 1 aliphatic rings. The average molecular weight is 323 g/mol. The van der Waals surface area contributed by atoms with E-state index in [1.165, 1.54) is 12.7 Å². The van der Waals surface area contributed by atoms with Crippen molar-refractivity contribution in [3.63, 3.8) is 0 Å². The van der Waals surface area contributed by atoms with Gasteiger partial charge < -0.3 is 9.84 Å². The van der Waals surface area contributed by atoms with Crippen LogP contribution in [0.4, 0.5) is 0 Å². The summed E-state index contributed by atoms with van der Waals surface area (Å²) in [7, 11) is 1.45. The molecule has 2 heterocycles. The maximum absolute atomic E-state index is 11.2. The van der Waals surface area contributed by atoms with Crippen LogP contribution < -0.4 is 0 Å². The molecule has 1 saturated heterocycles. The molecule has 0 atom stereocenters. The van der Waals surface area contributed by atoms with E-state index in [4.69, 9.17) is 9.84 Å². The molecule has 23 heavy (non-hydrogen) atoms. The van der Waals surface area contributed by atoms with Gasteiger partial charge in [0.05, 0.1) is 26.0 Å². The molecule has 0 aliphatic carbocycles. The quantitative estimate of drug-likeness (QED) is 0.773. The molecule has 130 valence electrons. The van der Waals surface area contributed by atoms with Crippen molar-refractivity contribution in [3.8, 4) is 0 Å². The number of aliphatic hydroxyl groups excluding tert-OH is 1. The van der Waals surface area contributed by atoms with Crippen LogP contribution in [0.1, 0.15) is 42.6 Å². The van der Waals surface area contributed by atoms with Gasteiger partial charge in [-0.1, -0.05) is 0 Å². The van der Waals surface area contributed by atoms with Gasteiger partial charge in [-0.25, -0.2) is 0 Å². The number of aryl methyl sites for hydroxylation is 1. The van der Waals surface area contributed by atoms with E-state index < -0.39 is 0 Å². The summed E-state index contributed by atoms with van der Waals surface area (Å²) in [5.74, 6) is 0.527. The lowest BCUT2D eigenvalue weighted by atomic mass is 9.92. The Labute approximate surface area is 138 Å². The number of methoxy groups -OCH3 is 1. The first-order valence-electron chi connectivity index (χ1n) is 8.48. The fourth-order valence-corrected chi connectivity index (χ4v) is 3.36. The summed E-state index contributed by atoms with van der Waals surface area (Å²) in [4.78, 5) is 13.7. The first-order chi connectivity index (χ1) is 11.0. The van der Waals surface area contributed by atoms with Crippen LogP contribution in [0.15, 0.2) is 0 Å². The molecule has 1 aromatic heterocycles. The standard InChI is InChI=1S/C17H29N3O3/c1-13-16(14(2)20(18-13)10-11-21)12-19-8-6-15(7-9-19)4-5-17(22)23-3/h15,21H,4-12H2,1-3H3. The molecular formula is C17H29N3O3. The van der Waals surface area contributed by atoms with Gasteiger partial charge >= 0.3 is 5.97 Å². The molecule has 1 fully saturated rings. The van der Waals surface area contributed by atoms with Crippen molar-refractivity contribution >= 4 is 5.97 Å². The minimum Gasteiger partial charge on any atom is -0.469 e. The molecule has 0 saturated carbocycles. The Morgan fingerprint density at radius 2 is 2.04 bits per heavy atom. The van der Waals surface area contributed by atoms with Crippen molar-refractivity contribution in [3.05, 3.63) is 17.0 Å². The lowest BCUT2D eigenvalue weighted by Gasteiger charge is -2.31. The first-order valence-corrected chi connectivity index (χ1v) is 8.48. The highest BCUT2D eigenvalue weighted by Crippen LogP contribution is 2.24. The van der Waals surface area contributed by atoms with Crippen molar-refractivity contribution in [2.75, 3.05) is 26.8 Å². The molecule has 0 spiro atoms. The van der Waals surface area contributed by atoms with Crippen molar-refractivity contribution in [1.82, 2.24) is 14.7 Å². The Hall–Kier alpha value is -1.40. The van der Waals surface area contributed by atoms with Crippen LogP contribution in [0.25, 0.3) is 0 Å². The predicted molar refractivity (Wildman–Crippen MR) is 88.0 cm³/mol. The number of rotatable bonds is 7. The van der Waals surface area contributed by atoms with E-state index in [-0.39, 0.29) is 12.6 Å². The SMILES string of the molecule is COC(=O)CCC1CCN(Cc2c(C)nn(CCO)c2C)CC1. The molecule has 0 unspecified atom stereocenters.